The zero-order chi connectivity index (χ0) is 17.0. The highest BCUT2D eigenvalue weighted by atomic mass is 79.9. The van der Waals surface area contributed by atoms with Crippen LogP contribution >= 0.6 is 15.9 Å². The highest BCUT2D eigenvalue weighted by Gasteiger charge is 2.34. The third-order valence-electron chi connectivity index (χ3n) is 2.89. The second-order valence-corrected chi connectivity index (χ2v) is 5.60. The number of hydrogen-bond acceptors (Lipinski definition) is 3. The molecule has 0 radical (unpaired) electrons. The van der Waals surface area contributed by atoms with E-state index in [2.05, 4.69) is 21.2 Å². The standard InChI is InChI=1S/C15H13BrF3NO3/c1-9(20-14(21)10-6-13(16)23-8-10)7-22-12-5-3-2-4-11(12)15(17,18)19/h2-6,8-9H,7H2,1H3,(H,20,21). The molecule has 1 amide bonds. The molecular weight excluding hydrogens is 379 g/mol. The van der Waals surface area contributed by atoms with E-state index in [4.69, 9.17) is 9.15 Å². The second kappa shape index (κ2) is 7.08. The lowest BCUT2D eigenvalue weighted by atomic mass is 10.2. The van der Waals surface area contributed by atoms with E-state index in [0.717, 1.165) is 6.07 Å². The van der Waals surface area contributed by atoms with Crippen LogP contribution in [0.3, 0.4) is 0 Å². The summed E-state index contributed by atoms with van der Waals surface area (Å²) in [4.78, 5) is 11.9. The molecule has 0 aliphatic rings. The van der Waals surface area contributed by atoms with Crippen LogP contribution in [0.5, 0.6) is 5.75 Å². The molecule has 0 aliphatic carbocycles. The van der Waals surface area contributed by atoms with Crippen LogP contribution in [0.2, 0.25) is 0 Å². The highest BCUT2D eigenvalue weighted by molar-refractivity contribution is 9.10. The van der Waals surface area contributed by atoms with Crippen LogP contribution in [0.25, 0.3) is 0 Å². The fraction of sp³-hybridized carbons (Fsp3) is 0.267. The zero-order valence-corrected chi connectivity index (χ0v) is 13.6. The van der Waals surface area contributed by atoms with Crippen molar-refractivity contribution in [2.45, 2.75) is 19.1 Å². The molecule has 0 fully saturated rings. The SMILES string of the molecule is CC(COc1ccccc1C(F)(F)F)NC(=O)c1coc(Br)c1. The normalized spacial score (nSPS) is 12.7. The van der Waals surface area contributed by atoms with Crippen LogP contribution in [0, 0.1) is 0 Å². The molecule has 0 bridgehead atoms. The first-order chi connectivity index (χ1) is 10.8. The Morgan fingerprint density at radius 2 is 2.09 bits per heavy atom. The molecule has 1 atom stereocenters. The lowest BCUT2D eigenvalue weighted by Crippen LogP contribution is -2.36. The Morgan fingerprint density at radius 1 is 1.39 bits per heavy atom. The molecule has 0 aliphatic heterocycles. The van der Waals surface area contributed by atoms with Crippen molar-refractivity contribution in [3.63, 3.8) is 0 Å². The fourth-order valence-electron chi connectivity index (χ4n) is 1.82. The number of carbonyl (C=O) groups excluding carboxylic acids is 1. The van der Waals surface area contributed by atoms with Gasteiger partial charge >= 0.3 is 6.18 Å². The molecule has 1 heterocycles. The van der Waals surface area contributed by atoms with Crippen molar-refractivity contribution in [2.75, 3.05) is 6.61 Å². The molecule has 8 heteroatoms. The molecule has 1 aromatic carbocycles. The van der Waals surface area contributed by atoms with Gasteiger partial charge in [-0.2, -0.15) is 13.2 Å². The summed E-state index contributed by atoms with van der Waals surface area (Å²) in [6.07, 6.45) is -3.22. The molecule has 0 spiro atoms. The molecule has 23 heavy (non-hydrogen) atoms. The van der Waals surface area contributed by atoms with E-state index in [1.807, 2.05) is 0 Å². The molecule has 0 saturated heterocycles. The van der Waals surface area contributed by atoms with E-state index in [1.165, 1.54) is 30.5 Å². The van der Waals surface area contributed by atoms with Crippen molar-refractivity contribution in [2.24, 2.45) is 0 Å². The Hall–Kier alpha value is -1.96. The number of furan rings is 1. The lowest BCUT2D eigenvalue weighted by Gasteiger charge is -2.17. The summed E-state index contributed by atoms with van der Waals surface area (Å²) in [5.74, 6) is -0.674. The van der Waals surface area contributed by atoms with Gasteiger partial charge in [-0.15, -0.1) is 0 Å². The Kier molecular flexibility index (Phi) is 5.35. The zero-order valence-electron chi connectivity index (χ0n) is 12.0. The van der Waals surface area contributed by atoms with Crippen molar-refractivity contribution in [3.8, 4) is 5.75 Å². The van der Waals surface area contributed by atoms with Gasteiger partial charge in [-0.25, -0.2) is 0 Å². The number of amides is 1. The van der Waals surface area contributed by atoms with E-state index in [-0.39, 0.29) is 12.4 Å². The molecule has 4 nitrogen and oxygen atoms in total. The molecule has 1 unspecified atom stereocenters. The maximum absolute atomic E-state index is 12.8. The number of para-hydroxylation sites is 1. The third kappa shape index (κ3) is 4.75. The number of rotatable bonds is 5. The van der Waals surface area contributed by atoms with Crippen molar-refractivity contribution in [1.29, 1.82) is 0 Å². The molecule has 1 N–H and O–H groups in total. The predicted octanol–water partition coefficient (Wildman–Crippen LogP) is 4.26. The minimum atomic E-state index is -4.49. The van der Waals surface area contributed by atoms with Gasteiger partial charge in [0.05, 0.1) is 17.2 Å². The molecule has 0 saturated carbocycles. The fourth-order valence-corrected chi connectivity index (χ4v) is 2.16. The first kappa shape index (κ1) is 17.4. The predicted molar refractivity (Wildman–Crippen MR) is 80.3 cm³/mol. The van der Waals surface area contributed by atoms with Crippen LogP contribution in [0.1, 0.15) is 22.8 Å². The molecule has 2 rings (SSSR count). The molecule has 124 valence electrons. The summed E-state index contributed by atoms with van der Waals surface area (Å²) in [5.41, 5.74) is -0.545. The summed E-state index contributed by atoms with van der Waals surface area (Å²) >= 11 is 3.08. The van der Waals surface area contributed by atoms with Crippen LogP contribution in [-0.4, -0.2) is 18.6 Å². The third-order valence-corrected chi connectivity index (χ3v) is 3.30. The Bertz CT molecular complexity index is 685. The number of ether oxygens (including phenoxy) is 1. The molecular formula is C15H13BrF3NO3. The minimum Gasteiger partial charge on any atom is -0.491 e. The number of alkyl halides is 3. The average molecular weight is 392 g/mol. The van der Waals surface area contributed by atoms with Gasteiger partial charge in [0.15, 0.2) is 4.67 Å². The number of carbonyl (C=O) groups is 1. The highest BCUT2D eigenvalue weighted by Crippen LogP contribution is 2.35. The Labute approximate surface area is 138 Å². The largest absolute Gasteiger partial charge is 0.491 e. The van der Waals surface area contributed by atoms with Crippen LogP contribution in [-0.2, 0) is 6.18 Å². The smallest absolute Gasteiger partial charge is 0.419 e. The maximum atomic E-state index is 12.8. The Balaban J connectivity index is 1.95. The number of halogens is 4. The van der Waals surface area contributed by atoms with Gasteiger partial charge in [-0.3, -0.25) is 4.79 Å². The van der Waals surface area contributed by atoms with Crippen molar-refractivity contribution < 1.29 is 27.1 Å². The summed E-state index contributed by atoms with van der Waals surface area (Å²) in [6, 6.07) is 5.93. The molecule has 2 aromatic rings. The van der Waals surface area contributed by atoms with Gasteiger partial charge in [0.2, 0.25) is 0 Å². The van der Waals surface area contributed by atoms with Crippen molar-refractivity contribution in [1.82, 2.24) is 5.32 Å². The molecule has 1 aromatic heterocycles. The number of benzene rings is 1. The van der Waals surface area contributed by atoms with Gasteiger partial charge < -0.3 is 14.5 Å². The summed E-state index contributed by atoms with van der Waals surface area (Å²) in [5, 5.41) is 2.61. The first-order valence-electron chi connectivity index (χ1n) is 6.61. The average Bonchev–Trinajstić information content (AvgIpc) is 2.91. The topological polar surface area (TPSA) is 51.5 Å². The Morgan fingerprint density at radius 3 is 2.70 bits per heavy atom. The van der Waals surface area contributed by atoms with Crippen LogP contribution < -0.4 is 10.1 Å². The maximum Gasteiger partial charge on any atom is 0.419 e. The van der Waals surface area contributed by atoms with Crippen LogP contribution in [0.15, 0.2) is 45.7 Å². The van der Waals surface area contributed by atoms with Crippen molar-refractivity contribution in [3.05, 3.63) is 52.4 Å². The summed E-state index contributed by atoms with van der Waals surface area (Å²) < 4.78 is 49.1. The quantitative estimate of drug-likeness (QED) is 0.828. The van der Waals surface area contributed by atoms with E-state index >= 15 is 0 Å². The van der Waals surface area contributed by atoms with E-state index < -0.39 is 23.7 Å². The van der Waals surface area contributed by atoms with Crippen molar-refractivity contribution >= 4 is 21.8 Å². The van der Waals surface area contributed by atoms with Gasteiger partial charge in [0.1, 0.15) is 18.6 Å². The summed E-state index contributed by atoms with van der Waals surface area (Å²) in [6.45, 7) is 1.53. The second-order valence-electron chi connectivity index (χ2n) is 4.82. The van der Waals surface area contributed by atoms with Gasteiger partial charge in [0.25, 0.3) is 5.91 Å². The number of nitrogens with one attached hydrogen (secondary N) is 1. The minimum absolute atomic E-state index is 0.0994. The first-order valence-corrected chi connectivity index (χ1v) is 7.40. The van der Waals surface area contributed by atoms with Gasteiger partial charge in [-0.1, -0.05) is 12.1 Å². The lowest BCUT2D eigenvalue weighted by molar-refractivity contribution is -0.139. The van der Waals surface area contributed by atoms with E-state index in [9.17, 15) is 18.0 Å². The summed E-state index contributed by atoms with van der Waals surface area (Å²) in [7, 11) is 0. The number of hydrogen-bond donors (Lipinski definition) is 1. The van der Waals surface area contributed by atoms with Crippen LogP contribution in [0.4, 0.5) is 13.2 Å². The van der Waals surface area contributed by atoms with E-state index in [0.29, 0.717) is 10.2 Å². The van der Waals surface area contributed by atoms with Gasteiger partial charge in [-0.05, 0) is 35.0 Å². The van der Waals surface area contributed by atoms with E-state index in [1.54, 1.807) is 6.92 Å². The van der Waals surface area contributed by atoms with Gasteiger partial charge in [0, 0.05) is 6.07 Å². The monoisotopic (exact) mass is 391 g/mol.